The minimum absolute atomic E-state index is 0.198. The van der Waals surface area contributed by atoms with E-state index < -0.39 is 18.1 Å². The average molecular weight is 1730 g/mol. The largest absolute Gasteiger partial charge is 0.455 e. The summed E-state index contributed by atoms with van der Waals surface area (Å²) in [6, 6.07) is 134. The van der Waals surface area contributed by atoms with E-state index in [-0.39, 0.29) is 89.2 Å². The standard InChI is InChI=1S/C46H28O.C44H28O.C42H26O/c1-2-14-29(15-3-1)43-34-20-8-10-22-36(34)44(37-23-11-9-21-35(37)43)39-25-13-27-42-45(39)40-26-12-24-38(46(40)47-42)41-28-30-16-4-5-17-31(30)32-18-6-7-19-33(32)41;1-3-15-29(16-4-1)31-19-7-8-20-32(31)37-25-13-27-39-43-38(26-14-28-40(43)45-44(37)39)42-35-23-11-9-21-33(35)41(30-17-5-2-6-18-30)34-22-10-12-24-36(34)42;1-2-13-28(14-3-1)39-32-16-6-8-18-34(32)40(35-19-9-7-17-33(35)39)36-21-11-23-38-41(36)37-22-10-20-31(42(37)43-38)30-25-24-27-12-4-5-15-29(27)26-30/h1-28H;1-28H;1-26H/i1D,2D,3D,14D,15D;2D,5D,6D,17D,18D;1D,2D,3D,13D,14D. The minimum atomic E-state index is -0.404. The molecule has 0 aliphatic heterocycles. The van der Waals surface area contributed by atoms with Gasteiger partial charge in [-0.3, -0.25) is 0 Å². The molecule has 0 saturated carbocycles. The van der Waals surface area contributed by atoms with Gasteiger partial charge in [0.2, 0.25) is 0 Å². The SMILES string of the molecule is [2H]c1c([2H])c([2H])c(-c2c3ccccc3c(-c3cccc4oc5c(-c6cc7ccccc7c7ccccc67)cccc5c34)c3ccccc23)c([2H])c1[2H].[2H]c1c([2H])c([2H])c(-c2c3ccccc3c(-c3cccc4oc5c(-c6ccc7ccccc7c6)cccc5c34)c3ccccc23)c([2H])c1[2H].[2H]c1c([2H])c([2H])c(-c2c3ccccc3c(-c3cccc4oc5c(-c6ccccc6-c6ccccc6)cccc5c34)c3ccccc23)c([2H])c1[2H]. The first-order valence-electron chi connectivity index (χ1n) is 52.7. The van der Waals surface area contributed by atoms with Gasteiger partial charge < -0.3 is 13.3 Å². The van der Waals surface area contributed by atoms with Crippen molar-refractivity contribution in [3.05, 3.63) is 497 Å². The molecule has 0 aliphatic rings. The van der Waals surface area contributed by atoms with E-state index in [1.54, 1.807) is 0 Å². The van der Waals surface area contributed by atoms with E-state index in [1.165, 1.54) is 26.9 Å². The maximum absolute atomic E-state index is 8.92. The van der Waals surface area contributed by atoms with Gasteiger partial charge in [-0.25, -0.2) is 0 Å². The van der Waals surface area contributed by atoms with Crippen LogP contribution in [-0.2, 0) is 0 Å². The van der Waals surface area contributed by atoms with Crippen molar-refractivity contribution in [3.8, 4) is 111 Å². The lowest BCUT2D eigenvalue weighted by Crippen LogP contribution is -1.91. The molecule has 28 rings (SSSR count). The summed E-state index contributed by atoms with van der Waals surface area (Å²) in [5.41, 5.74) is 21.8. The summed E-state index contributed by atoms with van der Waals surface area (Å²) < 4.78 is 149. The summed E-state index contributed by atoms with van der Waals surface area (Å²) in [6.45, 7) is 0. The lowest BCUT2D eigenvalue weighted by molar-refractivity contribution is 0.669. The first-order valence-corrected chi connectivity index (χ1v) is 45.2. The number of rotatable bonds is 10. The van der Waals surface area contributed by atoms with Crippen LogP contribution in [0.5, 0.6) is 0 Å². The Morgan fingerprint density at radius 3 is 0.830 bits per heavy atom. The van der Waals surface area contributed by atoms with E-state index in [2.05, 4.69) is 249 Å². The molecule has 135 heavy (non-hydrogen) atoms. The maximum atomic E-state index is 8.92. The number of benzene rings is 25. The van der Waals surface area contributed by atoms with E-state index in [4.69, 9.17) is 33.8 Å². The number of hydrogen-bond donors (Lipinski definition) is 0. The van der Waals surface area contributed by atoms with Gasteiger partial charge in [-0.2, -0.15) is 0 Å². The molecule has 0 aliphatic carbocycles. The number of para-hydroxylation sites is 3. The van der Waals surface area contributed by atoms with Crippen LogP contribution in [-0.4, -0.2) is 0 Å². The third-order valence-corrected chi connectivity index (χ3v) is 26.8. The van der Waals surface area contributed by atoms with Gasteiger partial charge in [0.25, 0.3) is 0 Å². The molecule has 0 N–H and O–H groups in total. The van der Waals surface area contributed by atoms with E-state index in [1.807, 2.05) is 158 Å². The minimum Gasteiger partial charge on any atom is -0.455 e. The van der Waals surface area contributed by atoms with Gasteiger partial charge in [-0.15, -0.1) is 0 Å². The van der Waals surface area contributed by atoms with Gasteiger partial charge in [0.05, 0.1) is 20.6 Å². The molecule has 3 heteroatoms. The highest BCUT2D eigenvalue weighted by Crippen LogP contribution is 2.54. The Hall–Kier alpha value is -17.8. The fourth-order valence-electron chi connectivity index (χ4n) is 21.2. The Balaban J connectivity index is 0.000000114. The van der Waals surface area contributed by atoms with E-state index in [0.717, 1.165) is 214 Å². The molecule has 0 radical (unpaired) electrons. The zero-order valence-electron chi connectivity index (χ0n) is 87.4. The number of hydrogen-bond acceptors (Lipinski definition) is 3. The van der Waals surface area contributed by atoms with Gasteiger partial charge in [-0.05, 0) is 222 Å². The average Bonchev–Trinajstić information content (AvgIpc) is 1.14. The Morgan fingerprint density at radius 2 is 0.422 bits per heavy atom. The predicted octanol–water partition coefficient (Wildman–Crippen LogP) is 37.8. The quantitative estimate of drug-likeness (QED) is 0.101. The molecule has 25 aromatic carbocycles. The van der Waals surface area contributed by atoms with Gasteiger partial charge in [0.1, 0.15) is 33.5 Å². The lowest BCUT2D eigenvalue weighted by Gasteiger charge is -2.18. The molecule has 0 unspecified atom stereocenters. The van der Waals surface area contributed by atoms with Crippen molar-refractivity contribution in [1.29, 1.82) is 0 Å². The molecule has 0 saturated heterocycles. The summed E-state index contributed by atoms with van der Waals surface area (Å²) in [5, 5.41) is 23.5. The van der Waals surface area contributed by atoms with E-state index in [0.29, 0.717) is 16.7 Å². The van der Waals surface area contributed by atoms with E-state index >= 15 is 0 Å². The Kier molecular flexibility index (Phi) is 15.5. The van der Waals surface area contributed by atoms with Crippen LogP contribution in [0.15, 0.2) is 510 Å². The molecule has 0 bridgehead atoms. The van der Waals surface area contributed by atoms with Crippen molar-refractivity contribution in [2.24, 2.45) is 0 Å². The highest BCUT2D eigenvalue weighted by molar-refractivity contribution is 6.31. The Labute approximate surface area is 800 Å². The predicted molar refractivity (Wildman–Crippen MR) is 573 cm³/mol. The second-order valence-electron chi connectivity index (χ2n) is 34.1. The molecule has 628 valence electrons. The first kappa shape index (κ1) is 64.1. The molecular formula is C132H82O3. The zero-order valence-corrected chi connectivity index (χ0v) is 72.4. The molecular weight excluding hydrogens is 1630 g/mol. The van der Waals surface area contributed by atoms with Crippen molar-refractivity contribution in [2.75, 3.05) is 0 Å². The molecule has 3 nitrogen and oxygen atoms in total. The molecule has 3 heterocycles. The second-order valence-corrected chi connectivity index (χ2v) is 34.1. The van der Waals surface area contributed by atoms with Crippen LogP contribution >= 0.6 is 0 Å². The molecule has 28 aromatic rings. The van der Waals surface area contributed by atoms with Crippen LogP contribution in [0.3, 0.4) is 0 Å². The Bertz CT molecular complexity index is 10400. The van der Waals surface area contributed by atoms with Crippen LogP contribution in [0.2, 0.25) is 0 Å². The lowest BCUT2D eigenvalue weighted by atomic mass is 9.85. The molecule has 0 spiro atoms. The smallest absolute Gasteiger partial charge is 0.143 e. The van der Waals surface area contributed by atoms with Crippen LogP contribution in [0.25, 0.3) is 274 Å². The van der Waals surface area contributed by atoms with Crippen LogP contribution in [0, 0.1) is 0 Å². The van der Waals surface area contributed by atoms with Gasteiger partial charge in [0, 0.05) is 49.0 Å². The summed E-state index contributed by atoms with van der Waals surface area (Å²) in [4.78, 5) is 0. The molecule has 0 fully saturated rings. The fraction of sp³-hybridized carbons (Fsp3) is 0. The maximum Gasteiger partial charge on any atom is 0.143 e. The summed E-state index contributed by atoms with van der Waals surface area (Å²) >= 11 is 0. The summed E-state index contributed by atoms with van der Waals surface area (Å²) in [5.74, 6) is 0. The highest BCUT2D eigenvalue weighted by Gasteiger charge is 2.28. The Morgan fingerprint density at radius 1 is 0.141 bits per heavy atom. The van der Waals surface area contributed by atoms with Crippen molar-refractivity contribution in [1.82, 2.24) is 0 Å². The first-order chi connectivity index (χ1) is 73.3. The number of fused-ring (bicyclic) bond motifs is 19. The van der Waals surface area contributed by atoms with Crippen molar-refractivity contribution in [3.63, 3.8) is 0 Å². The summed E-state index contributed by atoms with van der Waals surface area (Å²) in [7, 11) is 0. The van der Waals surface area contributed by atoms with Gasteiger partial charge >= 0.3 is 0 Å². The summed E-state index contributed by atoms with van der Waals surface area (Å²) in [6.07, 6.45) is 0. The van der Waals surface area contributed by atoms with Crippen LogP contribution < -0.4 is 0 Å². The number of furan rings is 3. The van der Waals surface area contributed by atoms with Crippen molar-refractivity contribution < 1.29 is 33.8 Å². The van der Waals surface area contributed by atoms with E-state index in [9.17, 15) is 0 Å². The normalized spacial score (nSPS) is 13.3. The molecule has 0 atom stereocenters. The monoisotopic (exact) mass is 1730 g/mol. The fourth-order valence-corrected chi connectivity index (χ4v) is 21.2. The van der Waals surface area contributed by atoms with Crippen molar-refractivity contribution in [2.45, 2.75) is 0 Å². The highest BCUT2D eigenvalue weighted by atomic mass is 16.3. The van der Waals surface area contributed by atoms with Gasteiger partial charge in [-0.1, -0.05) is 467 Å². The third-order valence-electron chi connectivity index (χ3n) is 26.8. The molecule has 3 aromatic heterocycles. The second kappa shape index (κ2) is 32.7. The van der Waals surface area contributed by atoms with Crippen molar-refractivity contribution >= 4 is 163 Å². The molecule has 0 amide bonds. The zero-order chi connectivity index (χ0) is 102. The van der Waals surface area contributed by atoms with Crippen LogP contribution in [0.4, 0.5) is 0 Å². The third kappa shape index (κ3) is 13.0. The topological polar surface area (TPSA) is 39.4 Å². The van der Waals surface area contributed by atoms with Crippen LogP contribution in [0.1, 0.15) is 20.6 Å². The van der Waals surface area contributed by atoms with Gasteiger partial charge in [0.15, 0.2) is 0 Å².